The molecule has 1 atom stereocenters. The first kappa shape index (κ1) is 18.6. The Morgan fingerprint density at radius 3 is 2.50 bits per heavy atom. The minimum Gasteiger partial charge on any atom is -0.507 e. The average Bonchev–Trinajstić information content (AvgIpc) is 2.60. The van der Waals surface area contributed by atoms with Crippen LogP contribution in [0, 0.1) is 12.7 Å². The van der Waals surface area contributed by atoms with E-state index in [1.165, 1.54) is 12.1 Å². The number of hydrogen-bond donors (Lipinski definition) is 1. The van der Waals surface area contributed by atoms with Crippen LogP contribution in [0.5, 0.6) is 5.75 Å². The number of aromatic hydroxyl groups is 1. The zero-order valence-electron chi connectivity index (χ0n) is 15.6. The van der Waals surface area contributed by atoms with Gasteiger partial charge in [-0.2, -0.15) is 0 Å². The Bertz CT molecular complexity index is 841. The molecule has 2 aromatic rings. The maximum Gasteiger partial charge on any atom is 0.259 e. The van der Waals surface area contributed by atoms with Gasteiger partial charge in [0.05, 0.1) is 11.6 Å². The van der Waals surface area contributed by atoms with Crippen molar-refractivity contribution in [2.45, 2.75) is 26.4 Å². The highest BCUT2D eigenvalue weighted by Gasteiger charge is 2.30. The molecule has 1 fully saturated rings. The third-order valence-corrected chi connectivity index (χ3v) is 5.18. The van der Waals surface area contributed by atoms with Crippen LogP contribution in [0.15, 0.2) is 35.1 Å². The number of likely N-dealkylation sites (N-methyl/N-ethyl adjacent to an activating group) is 1. The number of aryl methyl sites for hydroxylation is 1. The van der Waals surface area contributed by atoms with Gasteiger partial charge in [0.15, 0.2) is 0 Å². The van der Waals surface area contributed by atoms with Crippen molar-refractivity contribution in [1.82, 2.24) is 14.4 Å². The Kier molecular flexibility index (Phi) is 5.44. The largest absolute Gasteiger partial charge is 0.507 e. The number of pyridine rings is 1. The molecule has 0 amide bonds. The normalized spacial score (nSPS) is 17.4. The van der Waals surface area contributed by atoms with E-state index in [4.69, 9.17) is 0 Å². The van der Waals surface area contributed by atoms with E-state index in [0.29, 0.717) is 17.7 Å². The fraction of sp³-hybridized carbons (Fsp3) is 0.450. The molecule has 1 aliphatic heterocycles. The van der Waals surface area contributed by atoms with Crippen LogP contribution < -0.4 is 5.56 Å². The maximum absolute atomic E-state index is 13.9. The highest BCUT2D eigenvalue weighted by Crippen LogP contribution is 2.33. The van der Waals surface area contributed by atoms with Gasteiger partial charge in [-0.1, -0.05) is 12.1 Å². The molecule has 0 saturated carbocycles. The Labute approximate surface area is 153 Å². The number of rotatable bonds is 4. The van der Waals surface area contributed by atoms with Crippen molar-refractivity contribution in [3.63, 3.8) is 0 Å². The molecule has 3 rings (SSSR count). The summed E-state index contributed by atoms with van der Waals surface area (Å²) in [6, 6.07) is 7.48. The molecule has 1 aromatic carbocycles. The predicted octanol–water partition coefficient (Wildman–Crippen LogP) is 2.36. The van der Waals surface area contributed by atoms with Crippen molar-refractivity contribution in [3.8, 4) is 5.75 Å². The molecule has 1 aliphatic rings. The molecule has 0 bridgehead atoms. The second kappa shape index (κ2) is 7.60. The van der Waals surface area contributed by atoms with Crippen LogP contribution >= 0.6 is 0 Å². The van der Waals surface area contributed by atoms with E-state index in [1.54, 1.807) is 23.6 Å². The molecule has 0 spiro atoms. The summed E-state index contributed by atoms with van der Waals surface area (Å²) >= 11 is 0. The first-order valence-corrected chi connectivity index (χ1v) is 9.03. The molecule has 140 valence electrons. The van der Waals surface area contributed by atoms with Gasteiger partial charge in [0, 0.05) is 38.4 Å². The lowest BCUT2D eigenvalue weighted by atomic mass is 9.96. The van der Waals surface area contributed by atoms with Crippen molar-refractivity contribution in [3.05, 3.63) is 63.3 Å². The van der Waals surface area contributed by atoms with Crippen molar-refractivity contribution in [2.75, 3.05) is 33.2 Å². The van der Waals surface area contributed by atoms with Crippen molar-refractivity contribution >= 4 is 0 Å². The molecule has 6 heteroatoms. The average molecular weight is 359 g/mol. The van der Waals surface area contributed by atoms with Crippen molar-refractivity contribution in [1.29, 1.82) is 0 Å². The second-order valence-electron chi connectivity index (χ2n) is 6.93. The molecule has 1 N–H and O–H groups in total. The molecule has 1 saturated heterocycles. The van der Waals surface area contributed by atoms with Gasteiger partial charge >= 0.3 is 0 Å². The molecule has 0 aliphatic carbocycles. The summed E-state index contributed by atoms with van der Waals surface area (Å²) in [5.41, 5.74) is 1.52. The topological polar surface area (TPSA) is 48.7 Å². The molecule has 2 heterocycles. The molecule has 26 heavy (non-hydrogen) atoms. The maximum atomic E-state index is 13.9. The van der Waals surface area contributed by atoms with Gasteiger partial charge in [0.25, 0.3) is 5.56 Å². The summed E-state index contributed by atoms with van der Waals surface area (Å²) in [6.45, 7) is 7.45. The third-order valence-electron chi connectivity index (χ3n) is 5.18. The van der Waals surface area contributed by atoms with Gasteiger partial charge in [0.2, 0.25) is 0 Å². The number of halogens is 1. The lowest BCUT2D eigenvalue weighted by Crippen LogP contribution is -2.47. The summed E-state index contributed by atoms with van der Waals surface area (Å²) in [6.07, 6.45) is 0. The minimum absolute atomic E-state index is 0.0228. The van der Waals surface area contributed by atoms with Crippen LogP contribution in [-0.4, -0.2) is 52.7 Å². The number of benzene rings is 1. The third kappa shape index (κ3) is 3.52. The van der Waals surface area contributed by atoms with E-state index in [0.717, 1.165) is 31.9 Å². The quantitative estimate of drug-likeness (QED) is 0.911. The lowest BCUT2D eigenvalue weighted by Gasteiger charge is -2.38. The highest BCUT2D eigenvalue weighted by molar-refractivity contribution is 5.41. The van der Waals surface area contributed by atoms with E-state index < -0.39 is 6.04 Å². The molecular weight excluding hydrogens is 333 g/mol. The Morgan fingerprint density at radius 2 is 1.88 bits per heavy atom. The molecular formula is C20H26FN3O2. The van der Waals surface area contributed by atoms with Gasteiger partial charge in [-0.25, -0.2) is 4.39 Å². The van der Waals surface area contributed by atoms with Crippen LogP contribution in [0.25, 0.3) is 0 Å². The summed E-state index contributed by atoms with van der Waals surface area (Å²) in [4.78, 5) is 17.5. The SMILES string of the molecule is CCn1c(C)cc(O)c(C(c2cccc(F)c2)N2CCN(C)CC2)c1=O. The van der Waals surface area contributed by atoms with Crippen LogP contribution in [0.2, 0.25) is 0 Å². The first-order chi connectivity index (χ1) is 12.4. The lowest BCUT2D eigenvalue weighted by molar-refractivity contribution is 0.125. The summed E-state index contributed by atoms with van der Waals surface area (Å²) in [7, 11) is 2.06. The van der Waals surface area contributed by atoms with Crippen molar-refractivity contribution in [2.24, 2.45) is 0 Å². The summed E-state index contributed by atoms with van der Waals surface area (Å²) < 4.78 is 15.6. The Morgan fingerprint density at radius 1 is 1.19 bits per heavy atom. The van der Waals surface area contributed by atoms with Gasteiger partial charge in [-0.3, -0.25) is 9.69 Å². The van der Waals surface area contributed by atoms with E-state index >= 15 is 0 Å². The Hall–Kier alpha value is -2.18. The van der Waals surface area contributed by atoms with Crippen molar-refractivity contribution < 1.29 is 9.50 Å². The molecule has 5 nitrogen and oxygen atoms in total. The monoisotopic (exact) mass is 359 g/mol. The highest BCUT2D eigenvalue weighted by atomic mass is 19.1. The van der Waals surface area contributed by atoms with E-state index in [-0.39, 0.29) is 17.1 Å². The zero-order valence-corrected chi connectivity index (χ0v) is 15.6. The van der Waals surface area contributed by atoms with E-state index in [1.807, 2.05) is 13.0 Å². The van der Waals surface area contributed by atoms with Gasteiger partial charge < -0.3 is 14.6 Å². The fourth-order valence-corrected chi connectivity index (χ4v) is 3.74. The predicted molar refractivity (Wildman–Crippen MR) is 100 cm³/mol. The first-order valence-electron chi connectivity index (χ1n) is 9.03. The van der Waals surface area contributed by atoms with Crippen LogP contribution in [0.3, 0.4) is 0 Å². The zero-order chi connectivity index (χ0) is 18.8. The minimum atomic E-state index is -0.467. The summed E-state index contributed by atoms with van der Waals surface area (Å²) in [5.74, 6) is -0.366. The number of hydrogen-bond acceptors (Lipinski definition) is 4. The number of piperazine rings is 1. The van der Waals surface area contributed by atoms with Gasteiger partial charge in [0.1, 0.15) is 11.6 Å². The fourth-order valence-electron chi connectivity index (χ4n) is 3.74. The summed E-state index contributed by atoms with van der Waals surface area (Å²) in [5, 5.41) is 10.6. The number of aromatic nitrogens is 1. The molecule has 1 aromatic heterocycles. The second-order valence-corrected chi connectivity index (χ2v) is 6.93. The Balaban J connectivity index is 2.17. The van der Waals surface area contributed by atoms with Gasteiger partial charge in [-0.05, 0) is 44.7 Å². The van der Waals surface area contributed by atoms with E-state index in [9.17, 15) is 14.3 Å². The number of nitrogens with zero attached hydrogens (tertiary/aromatic N) is 3. The standard InChI is InChI=1S/C20H26FN3O2/c1-4-24-14(2)12-17(25)18(20(24)26)19(15-6-5-7-16(21)13-15)23-10-8-22(3)9-11-23/h5-7,12-13,19,25H,4,8-11H2,1-3H3. The molecule has 1 unspecified atom stereocenters. The van der Waals surface area contributed by atoms with Crippen LogP contribution in [0.1, 0.15) is 29.8 Å². The van der Waals surface area contributed by atoms with Crippen LogP contribution in [-0.2, 0) is 6.54 Å². The van der Waals surface area contributed by atoms with Gasteiger partial charge in [-0.15, -0.1) is 0 Å². The smallest absolute Gasteiger partial charge is 0.259 e. The van der Waals surface area contributed by atoms with E-state index in [2.05, 4.69) is 16.8 Å². The van der Waals surface area contributed by atoms with Crippen LogP contribution in [0.4, 0.5) is 4.39 Å². The molecule has 0 radical (unpaired) electrons.